The molecular formula is C26H23N3. The quantitative estimate of drug-likeness (QED) is 0.487. The number of hydrogen-bond acceptors (Lipinski definition) is 3. The zero-order chi connectivity index (χ0) is 20.1. The van der Waals surface area contributed by atoms with E-state index in [0.717, 1.165) is 34.2 Å². The second-order valence-electron chi connectivity index (χ2n) is 7.11. The van der Waals surface area contributed by atoms with Crippen molar-refractivity contribution in [3.05, 3.63) is 108 Å². The van der Waals surface area contributed by atoms with Crippen molar-refractivity contribution in [2.75, 3.05) is 5.32 Å². The first kappa shape index (κ1) is 18.6. The lowest BCUT2D eigenvalue weighted by atomic mass is 10.1. The summed E-state index contributed by atoms with van der Waals surface area (Å²) < 4.78 is 0. The highest BCUT2D eigenvalue weighted by Crippen LogP contribution is 2.21. The molecule has 0 saturated carbocycles. The van der Waals surface area contributed by atoms with Crippen LogP contribution >= 0.6 is 0 Å². The van der Waals surface area contributed by atoms with Crippen LogP contribution in [0.2, 0.25) is 0 Å². The monoisotopic (exact) mass is 377 g/mol. The molecule has 0 fully saturated rings. The average Bonchev–Trinajstić information content (AvgIpc) is 2.74. The molecule has 0 amide bonds. The van der Waals surface area contributed by atoms with E-state index in [9.17, 15) is 0 Å². The normalized spacial score (nSPS) is 12.8. The fourth-order valence-electron chi connectivity index (χ4n) is 2.94. The predicted molar refractivity (Wildman–Crippen MR) is 125 cm³/mol. The third kappa shape index (κ3) is 5.17. The number of aliphatic imine (C=N–C) groups is 2. The lowest BCUT2D eigenvalue weighted by Gasteiger charge is -2.07. The third-order valence-electron chi connectivity index (χ3n) is 4.61. The molecule has 1 aliphatic rings. The highest BCUT2D eigenvalue weighted by Gasteiger charge is 2.01. The van der Waals surface area contributed by atoms with Gasteiger partial charge in [0.1, 0.15) is 0 Å². The van der Waals surface area contributed by atoms with E-state index >= 15 is 0 Å². The Balaban J connectivity index is 1.41. The number of hydrogen-bond donors (Lipinski definition) is 1. The number of nitrogens with zero attached hydrogens (tertiary/aromatic N) is 2. The Morgan fingerprint density at radius 1 is 0.483 bits per heavy atom. The molecule has 29 heavy (non-hydrogen) atoms. The minimum Gasteiger partial charge on any atom is -0.356 e. The van der Waals surface area contributed by atoms with Crippen LogP contribution in [0.3, 0.4) is 0 Å². The van der Waals surface area contributed by atoms with Crippen LogP contribution in [0.4, 0.5) is 22.7 Å². The molecule has 0 heterocycles. The molecule has 1 N–H and O–H groups in total. The summed E-state index contributed by atoms with van der Waals surface area (Å²) in [5, 5.41) is 3.40. The van der Waals surface area contributed by atoms with Gasteiger partial charge in [-0.1, -0.05) is 35.4 Å². The van der Waals surface area contributed by atoms with Crippen LogP contribution in [0.5, 0.6) is 0 Å². The summed E-state index contributed by atoms with van der Waals surface area (Å²) in [5.74, 6) is 0. The molecule has 3 nitrogen and oxygen atoms in total. The van der Waals surface area contributed by atoms with E-state index in [4.69, 9.17) is 4.99 Å². The van der Waals surface area contributed by atoms with Gasteiger partial charge in [-0.25, -0.2) is 9.98 Å². The van der Waals surface area contributed by atoms with E-state index in [1.807, 2.05) is 60.7 Å². The first-order valence-electron chi connectivity index (χ1n) is 9.68. The number of aryl methyl sites for hydroxylation is 2. The fraction of sp³-hybridized carbons (Fsp3) is 0.0769. The first-order chi connectivity index (χ1) is 14.1. The minimum atomic E-state index is 0.909. The zero-order valence-electron chi connectivity index (χ0n) is 16.6. The number of anilines is 2. The molecule has 0 unspecified atom stereocenters. The molecule has 142 valence electrons. The Bertz CT molecular complexity index is 1080. The van der Waals surface area contributed by atoms with E-state index in [0.29, 0.717) is 0 Å². The van der Waals surface area contributed by atoms with Crippen molar-refractivity contribution in [3.8, 4) is 0 Å². The van der Waals surface area contributed by atoms with Gasteiger partial charge in [0.15, 0.2) is 0 Å². The fourth-order valence-corrected chi connectivity index (χ4v) is 2.94. The van der Waals surface area contributed by atoms with Gasteiger partial charge in [0.25, 0.3) is 0 Å². The molecule has 1 aliphatic carbocycles. The summed E-state index contributed by atoms with van der Waals surface area (Å²) in [7, 11) is 0. The molecular weight excluding hydrogens is 354 g/mol. The molecule has 0 spiro atoms. The largest absolute Gasteiger partial charge is 0.356 e. The highest BCUT2D eigenvalue weighted by molar-refractivity contribution is 6.19. The molecule has 0 atom stereocenters. The molecule has 0 aliphatic heterocycles. The smallest absolute Gasteiger partial charge is 0.0638 e. The van der Waals surface area contributed by atoms with Crippen LogP contribution in [0, 0.1) is 13.8 Å². The van der Waals surface area contributed by atoms with E-state index in [1.54, 1.807) is 0 Å². The van der Waals surface area contributed by atoms with Crippen molar-refractivity contribution >= 4 is 34.2 Å². The number of rotatable bonds is 4. The van der Waals surface area contributed by atoms with Gasteiger partial charge in [-0.3, -0.25) is 0 Å². The van der Waals surface area contributed by atoms with Crippen molar-refractivity contribution in [2.24, 2.45) is 9.98 Å². The van der Waals surface area contributed by atoms with Gasteiger partial charge in [-0.2, -0.15) is 0 Å². The standard InChI is InChI=1S/C26H23N3/c1-19-3-7-21(8-4-19)27-23-11-15-25(16-12-23)29-26-17-13-24(14-18-26)28-22-9-5-20(2)6-10-22/h3-18,27H,1-2H3. The van der Waals surface area contributed by atoms with E-state index < -0.39 is 0 Å². The molecule has 3 aromatic rings. The summed E-state index contributed by atoms with van der Waals surface area (Å²) in [4.78, 5) is 9.33. The summed E-state index contributed by atoms with van der Waals surface area (Å²) in [5.41, 5.74) is 8.31. The van der Waals surface area contributed by atoms with E-state index in [-0.39, 0.29) is 0 Å². The maximum absolute atomic E-state index is 4.69. The maximum Gasteiger partial charge on any atom is 0.0638 e. The van der Waals surface area contributed by atoms with Crippen molar-refractivity contribution in [3.63, 3.8) is 0 Å². The highest BCUT2D eigenvalue weighted by atomic mass is 14.9. The average molecular weight is 377 g/mol. The first-order valence-corrected chi connectivity index (χ1v) is 9.68. The van der Waals surface area contributed by atoms with Crippen LogP contribution < -0.4 is 5.32 Å². The van der Waals surface area contributed by atoms with Crippen molar-refractivity contribution in [1.29, 1.82) is 0 Å². The van der Waals surface area contributed by atoms with Crippen LogP contribution in [0.1, 0.15) is 11.1 Å². The van der Waals surface area contributed by atoms with Crippen molar-refractivity contribution < 1.29 is 0 Å². The van der Waals surface area contributed by atoms with Crippen molar-refractivity contribution in [2.45, 2.75) is 13.8 Å². The van der Waals surface area contributed by atoms with Crippen molar-refractivity contribution in [1.82, 2.24) is 0 Å². The lowest BCUT2D eigenvalue weighted by molar-refractivity contribution is 1.43. The summed E-state index contributed by atoms with van der Waals surface area (Å²) >= 11 is 0. The molecule has 3 aromatic carbocycles. The Morgan fingerprint density at radius 2 is 0.828 bits per heavy atom. The maximum atomic E-state index is 4.69. The molecule has 0 saturated heterocycles. The van der Waals surface area contributed by atoms with Crippen LogP contribution in [0.15, 0.2) is 107 Å². The Morgan fingerprint density at radius 3 is 1.28 bits per heavy atom. The molecule has 3 heteroatoms. The molecule has 0 aromatic heterocycles. The molecule has 0 radical (unpaired) electrons. The van der Waals surface area contributed by atoms with Crippen LogP contribution in [0.25, 0.3) is 0 Å². The number of allylic oxidation sites excluding steroid dienone is 4. The van der Waals surface area contributed by atoms with Gasteiger partial charge >= 0.3 is 0 Å². The van der Waals surface area contributed by atoms with E-state index in [1.165, 1.54) is 11.1 Å². The molecule has 4 rings (SSSR count). The third-order valence-corrected chi connectivity index (χ3v) is 4.61. The van der Waals surface area contributed by atoms with Gasteiger partial charge in [0.2, 0.25) is 0 Å². The predicted octanol–water partition coefficient (Wildman–Crippen LogP) is 7.02. The van der Waals surface area contributed by atoms with Gasteiger partial charge < -0.3 is 5.32 Å². The van der Waals surface area contributed by atoms with Crippen LogP contribution in [-0.2, 0) is 0 Å². The zero-order valence-corrected chi connectivity index (χ0v) is 16.6. The van der Waals surface area contributed by atoms with Crippen LogP contribution in [-0.4, -0.2) is 11.4 Å². The Hall–Kier alpha value is -3.72. The second kappa shape index (κ2) is 8.53. The topological polar surface area (TPSA) is 36.8 Å². The SMILES string of the molecule is Cc1ccc(N=C2C=CC(=Nc3ccc(Nc4ccc(C)cc4)cc3)C=C2)cc1. The number of benzene rings is 3. The second-order valence-corrected chi connectivity index (χ2v) is 7.11. The Kier molecular flexibility index (Phi) is 5.48. The van der Waals surface area contributed by atoms with E-state index in [2.05, 4.69) is 60.6 Å². The van der Waals surface area contributed by atoms with Gasteiger partial charge in [0.05, 0.1) is 22.8 Å². The Labute approximate surface area is 171 Å². The van der Waals surface area contributed by atoms with Gasteiger partial charge in [-0.15, -0.1) is 0 Å². The summed E-state index contributed by atoms with van der Waals surface area (Å²) in [6.07, 6.45) is 7.97. The number of nitrogens with one attached hydrogen (secondary N) is 1. The summed E-state index contributed by atoms with van der Waals surface area (Å²) in [6.45, 7) is 4.16. The minimum absolute atomic E-state index is 0.909. The molecule has 0 bridgehead atoms. The van der Waals surface area contributed by atoms with Gasteiger partial charge in [-0.05, 0) is 86.7 Å². The summed E-state index contributed by atoms with van der Waals surface area (Å²) in [6, 6.07) is 24.7. The van der Waals surface area contributed by atoms with Gasteiger partial charge in [0, 0.05) is 11.4 Å². The lowest BCUT2D eigenvalue weighted by Crippen LogP contribution is -1.99.